The summed E-state index contributed by atoms with van der Waals surface area (Å²) in [6, 6.07) is 13.9. The van der Waals surface area contributed by atoms with Crippen LogP contribution >= 0.6 is 0 Å². The Hall–Kier alpha value is -3.80. The second-order valence-electron chi connectivity index (χ2n) is 6.31. The fraction of sp³-hybridized carbons (Fsp3) is 0. The van der Waals surface area contributed by atoms with E-state index in [1.54, 1.807) is 28.7 Å². The van der Waals surface area contributed by atoms with Gasteiger partial charge < -0.3 is 4.74 Å². The molecule has 0 fully saturated rings. The summed E-state index contributed by atoms with van der Waals surface area (Å²) in [5, 5.41) is 2.21. The predicted molar refractivity (Wildman–Crippen MR) is 94.9 cm³/mol. The summed E-state index contributed by atoms with van der Waals surface area (Å²) in [5.74, 6) is -1.39. The summed E-state index contributed by atoms with van der Waals surface area (Å²) < 4.78 is 6.38. The quantitative estimate of drug-likeness (QED) is 0.320. The van der Waals surface area contributed by atoms with Gasteiger partial charge in [0.15, 0.2) is 0 Å². The molecule has 122 valence electrons. The minimum Gasteiger partial charge on any atom is -0.386 e. The van der Waals surface area contributed by atoms with Crippen LogP contribution in [-0.4, -0.2) is 21.3 Å². The summed E-state index contributed by atoms with van der Waals surface area (Å²) in [6.07, 6.45) is 0. The molecule has 0 aliphatic carbocycles. The Morgan fingerprint density at radius 1 is 0.769 bits per heavy atom. The molecular formula is C20H8N2O4. The zero-order valence-electron chi connectivity index (χ0n) is 13.1. The highest BCUT2D eigenvalue weighted by Gasteiger charge is 2.30. The van der Waals surface area contributed by atoms with Gasteiger partial charge in [-0.3, -0.25) is 9.20 Å². The number of para-hydroxylation sites is 2. The van der Waals surface area contributed by atoms with Gasteiger partial charge in [-0.15, -0.1) is 0 Å². The topological polar surface area (TPSA) is 77.7 Å². The number of benzene rings is 3. The van der Waals surface area contributed by atoms with E-state index in [-0.39, 0.29) is 16.7 Å². The van der Waals surface area contributed by atoms with Crippen LogP contribution in [0.15, 0.2) is 53.3 Å². The molecule has 2 aromatic heterocycles. The molecule has 5 aromatic rings. The summed E-state index contributed by atoms with van der Waals surface area (Å²) in [4.78, 5) is 42.1. The number of esters is 2. The zero-order valence-corrected chi connectivity index (χ0v) is 13.1. The minimum absolute atomic E-state index is 0.226. The number of pyridine rings is 1. The molecule has 1 aliphatic heterocycles. The monoisotopic (exact) mass is 340 g/mol. The molecule has 1 aliphatic rings. The number of aromatic nitrogens is 2. The van der Waals surface area contributed by atoms with Crippen LogP contribution in [0, 0.1) is 0 Å². The van der Waals surface area contributed by atoms with Gasteiger partial charge in [0.25, 0.3) is 5.56 Å². The number of rotatable bonds is 0. The molecule has 0 atom stereocenters. The fourth-order valence-electron chi connectivity index (χ4n) is 3.93. The summed E-state index contributed by atoms with van der Waals surface area (Å²) in [7, 11) is 0. The van der Waals surface area contributed by atoms with Crippen LogP contribution in [0.25, 0.3) is 38.2 Å². The average Bonchev–Trinajstić information content (AvgIpc) is 3.04. The maximum absolute atomic E-state index is 13.2. The molecule has 3 heterocycles. The van der Waals surface area contributed by atoms with Crippen molar-refractivity contribution in [2.75, 3.05) is 0 Å². The van der Waals surface area contributed by atoms with Gasteiger partial charge in [0.2, 0.25) is 0 Å². The lowest BCUT2D eigenvalue weighted by molar-refractivity contribution is 0.0391. The largest absolute Gasteiger partial charge is 0.386 e. The first-order valence-electron chi connectivity index (χ1n) is 8.04. The third kappa shape index (κ3) is 1.39. The molecule has 0 amide bonds. The maximum Gasteiger partial charge on any atom is 0.346 e. The maximum atomic E-state index is 13.2. The van der Waals surface area contributed by atoms with Crippen LogP contribution in [-0.2, 0) is 4.74 Å². The van der Waals surface area contributed by atoms with Crippen molar-refractivity contribution < 1.29 is 14.3 Å². The molecule has 0 bridgehead atoms. The Morgan fingerprint density at radius 2 is 1.46 bits per heavy atom. The minimum atomic E-state index is -0.697. The molecule has 0 saturated carbocycles. The lowest BCUT2D eigenvalue weighted by Gasteiger charge is -2.17. The SMILES string of the molecule is O=C1OC(=O)c2ccc3c4c2c1ccc4c(=O)n1c2ccccc2nc31. The van der Waals surface area contributed by atoms with Crippen LogP contribution in [0.1, 0.15) is 20.7 Å². The van der Waals surface area contributed by atoms with Crippen LogP contribution < -0.4 is 5.56 Å². The van der Waals surface area contributed by atoms with Crippen molar-refractivity contribution in [1.29, 1.82) is 0 Å². The van der Waals surface area contributed by atoms with Crippen LogP contribution in [0.2, 0.25) is 0 Å². The third-order valence-corrected chi connectivity index (χ3v) is 5.02. The molecular weight excluding hydrogens is 332 g/mol. The van der Waals surface area contributed by atoms with E-state index in [0.717, 1.165) is 10.9 Å². The number of nitrogens with zero attached hydrogens (tertiary/aromatic N) is 2. The van der Waals surface area contributed by atoms with Crippen LogP contribution in [0.5, 0.6) is 0 Å². The summed E-state index contributed by atoms with van der Waals surface area (Å²) >= 11 is 0. The van der Waals surface area contributed by atoms with E-state index in [2.05, 4.69) is 4.98 Å². The van der Waals surface area contributed by atoms with Gasteiger partial charge in [-0.25, -0.2) is 14.6 Å². The molecule has 0 radical (unpaired) electrons. The Balaban J connectivity index is 2.00. The normalized spacial score (nSPS) is 14.0. The number of ether oxygens (including phenoxy) is 1. The molecule has 3 aromatic carbocycles. The number of fused-ring (bicyclic) bond motifs is 4. The number of cyclic esters (lactones) is 2. The third-order valence-electron chi connectivity index (χ3n) is 5.02. The molecule has 0 spiro atoms. The predicted octanol–water partition coefficient (Wildman–Crippen LogP) is 2.90. The van der Waals surface area contributed by atoms with Gasteiger partial charge in [0.05, 0.1) is 22.2 Å². The lowest BCUT2D eigenvalue weighted by atomic mass is 9.92. The van der Waals surface area contributed by atoms with Gasteiger partial charge in [-0.1, -0.05) is 12.1 Å². The van der Waals surface area contributed by atoms with Crippen molar-refractivity contribution in [3.63, 3.8) is 0 Å². The number of carbonyl (C=O) groups is 2. The summed E-state index contributed by atoms with van der Waals surface area (Å²) in [6.45, 7) is 0. The lowest BCUT2D eigenvalue weighted by Crippen LogP contribution is -2.21. The Labute approximate surface area is 144 Å². The van der Waals surface area contributed by atoms with Crippen molar-refractivity contribution >= 4 is 50.2 Å². The Bertz CT molecular complexity index is 1490. The molecule has 0 saturated heterocycles. The van der Waals surface area contributed by atoms with E-state index in [9.17, 15) is 14.4 Å². The number of carbonyl (C=O) groups excluding carboxylic acids is 2. The zero-order chi connectivity index (χ0) is 17.6. The second-order valence-corrected chi connectivity index (χ2v) is 6.31. The van der Waals surface area contributed by atoms with Crippen molar-refractivity contribution in [1.82, 2.24) is 9.38 Å². The molecule has 26 heavy (non-hydrogen) atoms. The van der Waals surface area contributed by atoms with Crippen LogP contribution in [0.4, 0.5) is 0 Å². The van der Waals surface area contributed by atoms with Crippen LogP contribution in [0.3, 0.4) is 0 Å². The van der Waals surface area contributed by atoms with Gasteiger partial charge in [-0.2, -0.15) is 0 Å². The number of hydrogen-bond acceptors (Lipinski definition) is 5. The van der Waals surface area contributed by atoms with Gasteiger partial charge in [-0.05, 0) is 36.4 Å². The molecule has 6 nitrogen and oxygen atoms in total. The molecule has 6 rings (SSSR count). The number of imidazole rings is 1. The van der Waals surface area contributed by atoms with Crippen molar-refractivity contribution in [2.45, 2.75) is 0 Å². The fourth-order valence-corrected chi connectivity index (χ4v) is 3.93. The van der Waals surface area contributed by atoms with Gasteiger partial charge in [0, 0.05) is 21.5 Å². The van der Waals surface area contributed by atoms with Crippen molar-refractivity contribution in [3.05, 3.63) is 70.0 Å². The Morgan fingerprint density at radius 3 is 2.23 bits per heavy atom. The highest BCUT2D eigenvalue weighted by atomic mass is 16.6. The van der Waals surface area contributed by atoms with Crippen molar-refractivity contribution in [3.8, 4) is 0 Å². The van der Waals surface area contributed by atoms with E-state index in [0.29, 0.717) is 27.3 Å². The van der Waals surface area contributed by atoms with E-state index in [1.807, 2.05) is 24.3 Å². The first-order valence-corrected chi connectivity index (χ1v) is 8.04. The standard InChI is InChI=1S/C20H8N2O4/c23-18-10-6-8-12-16-11(19(24)26-20(12)25)7-5-9(15(10)16)17-21-13-3-1-2-4-14(13)22(17)18/h1-8H. The van der Waals surface area contributed by atoms with Crippen molar-refractivity contribution in [2.24, 2.45) is 0 Å². The van der Waals surface area contributed by atoms with E-state index < -0.39 is 11.9 Å². The Kier molecular flexibility index (Phi) is 2.20. The summed E-state index contributed by atoms with van der Waals surface area (Å²) in [5.41, 5.74) is 2.30. The first-order chi connectivity index (χ1) is 12.6. The average molecular weight is 340 g/mol. The van der Waals surface area contributed by atoms with E-state index in [1.165, 1.54) is 0 Å². The molecule has 0 unspecified atom stereocenters. The first kappa shape index (κ1) is 13.5. The van der Waals surface area contributed by atoms with E-state index in [4.69, 9.17) is 4.74 Å². The molecule has 0 N–H and O–H groups in total. The van der Waals surface area contributed by atoms with E-state index >= 15 is 0 Å². The highest BCUT2D eigenvalue weighted by molar-refractivity contribution is 6.28. The highest BCUT2D eigenvalue weighted by Crippen LogP contribution is 2.36. The van der Waals surface area contributed by atoms with Gasteiger partial charge >= 0.3 is 11.9 Å². The number of hydrogen-bond donors (Lipinski definition) is 0. The van der Waals surface area contributed by atoms with Gasteiger partial charge in [0.1, 0.15) is 5.65 Å². The second kappa shape index (κ2) is 4.23. The smallest absolute Gasteiger partial charge is 0.346 e. The molecule has 6 heteroatoms.